The average molecular weight is 273 g/mol. The predicted molar refractivity (Wildman–Crippen MR) is 78.0 cm³/mol. The molecule has 0 aliphatic carbocycles. The van der Waals surface area contributed by atoms with Crippen LogP contribution < -0.4 is 5.73 Å². The molecule has 0 radical (unpaired) electrons. The lowest BCUT2D eigenvalue weighted by Crippen LogP contribution is -2.30. The number of nitrogen functional groups attached to an aromatic ring is 1. The zero-order chi connectivity index (χ0) is 14.0. The maximum absolute atomic E-state index is 12.2. The van der Waals surface area contributed by atoms with E-state index in [1.165, 1.54) is 11.3 Å². The molecule has 1 amide bonds. The Bertz CT molecular complexity index is 656. The summed E-state index contributed by atoms with van der Waals surface area (Å²) in [6.45, 7) is 2.24. The van der Waals surface area contributed by atoms with Crippen LogP contribution in [0.1, 0.15) is 16.6 Å². The van der Waals surface area contributed by atoms with Gasteiger partial charge in [0.15, 0.2) is 0 Å². The summed E-state index contributed by atoms with van der Waals surface area (Å²) in [6, 6.07) is 9.59. The molecule has 1 unspecified atom stereocenters. The molecule has 0 saturated carbocycles. The van der Waals surface area contributed by atoms with Crippen molar-refractivity contribution in [3.05, 3.63) is 29.1 Å². The van der Waals surface area contributed by atoms with Gasteiger partial charge in [-0.15, -0.1) is 11.3 Å². The zero-order valence-corrected chi connectivity index (χ0v) is 11.7. The van der Waals surface area contributed by atoms with Gasteiger partial charge in [0.05, 0.1) is 16.9 Å². The first-order valence-corrected chi connectivity index (χ1v) is 6.77. The summed E-state index contributed by atoms with van der Waals surface area (Å²) in [4.78, 5) is 14.5. The number of fused-ring (bicyclic) bond motifs is 1. The monoisotopic (exact) mass is 273 g/mol. The second-order valence-electron chi connectivity index (χ2n) is 4.62. The number of hydrogen-bond acceptors (Lipinski definition) is 4. The van der Waals surface area contributed by atoms with Crippen LogP contribution in [-0.2, 0) is 0 Å². The molecule has 1 aromatic carbocycles. The van der Waals surface area contributed by atoms with Crippen LogP contribution in [0.25, 0.3) is 10.1 Å². The molecule has 1 atom stereocenters. The van der Waals surface area contributed by atoms with Crippen molar-refractivity contribution in [1.29, 1.82) is 5.26 Å². The van der Waals surface area contributed by atoms with Crippen molar-refractivity contribution in [2.24, 2.45) is 5.92 Å². The highest BCUT2D eigenvalue weighted by Gasteiger charge is 2.16. The Hall–Kier alpha value is -2.06. The number of carbonyl (C=O) groups is 1. The van der Waals surface area contributed by atoms with Gasteiger partial charge in [-0.2, -0.15) is 5.26 Å². The van der Waals surface area contributed by atoms with Gasteiger partial charge < -0.3 is 10.6 Å². The highest BCUT2D eigenvalue weighted by molar-refractivity contribution is 7.20. The fourth-order valence-corrected chi connectivity index (χ4v) is 2.93. The summed E-state index contributed by atoms with van der Waals surface area (Å²) < 4.78 is 1.04. The van der Waals surface area contributed by atoms with E-state index in [0.717, 1.165) is 10.1 Å². The van der Waals surface area contributed by atoms with Gasteiger partial charge in [0.25, 0.3) is 5.91 Å². The molecule has 2 N–H and O–H groups in total. The molecule has 1 heterocycles. The molecule has 0 aliphatic heterocycles. The van der Waals surface area contributed by atoms with Crippen LogP contribution in [0.3, 0.4) is 0 Å². The van der Waals surface area contributed by atoms with Crippen LogP contribution >= 0.6 is 11.3 Å². The molecule has 2 aromatic rings. The maximum Gasteiger partial charge on any atom is 0.263 e. The Kier molecular flexibility index (Phi) is 3.72. The summed E-state index contributed by atoms with van der Waals surface area (Å²) in [5.41, 5.74) is 6.42. The van der Waals surface area contributed by atoms with Crippen molar-refractivity contribution in [1.82, 2.24) is 4.90 Å². The standard InChI is InChI=1S/C14H15N3OS/c1-9(7-15)8-17(2)14(18)13-6-10-5-11(16)3-4-12(10)19-13/h3-6,9H,8,16H2,1-2H3. The Morgan fingerprint density at radius 3 is 2.95 bits per heavy atom. The molecule has 4 nitrogen and oxygen atoms in total. The van der Waals surface area contributed by atoms with Crippen LogP contribution in [0.5, 0.6) is 0 Å². The molecule has 0 spiro atoms. The van der Waals surface area contributed by atoms with Crippen LogP contribution in [-0.4, -0.2) is 24.4 Å². The molecule has 2 rings (SSSR count). The normalized spacial score (nSPS) is 12.1. The minimum absolute atomic E-state index is 0.0538. The lowest BCUT2D eigenvalue weighted by Gasteiger charge is -2.17. The molecule has 0 fully saturated rings. The molecule has 5 heteroatoms. The number of thiophene rings is 1. The number of anilines is 1. The van der Waals surface area contributed by atoms with Crippen molar-refractivity contribution >= 4 is 33.0 Å². The summed E-state index contributed by atoms with van der Waals surface area (Å²) in [5, 5.41) is 9.76. The zero-order valence-electron chi connectivity index (χ0n) is 10.9. The van der Waals surface area contributed by atoms with Crippen molar-refractivity contribution in [3.8, 4) is 6.07 Å². The quantitative estimate of drug-likeness (QED) is 0.874. The second-order valence-corrected chi connectivity index (χ2v) is 5.71. The van der Waals surface area contributed by atoms with Crippen molar-refractivity contribution in [2.45, 2.75) is 6.92 Å². The topological polar surface area (TPSA) is 70.1 Å². The fraction of sp³-hybridized carbons (Fsp3) is 0.286. The van der Waals surface area contributed by atoms with E-state index in [9.17, 15) is 4.79 Å². The summed E-state index contributed by atoms with van der Waals surface area (Å²) in [5.74, 6) is -0.221. The van der Waals surface area contributed by atoms with Gasteiger partial charge >= 0.3 is 0 Å². The lowest BCUT2D eigenvalue weighted by atomic mass is 10.2. The summed E-state index contributed by atoms with van der Waals surface area (Å²) in [6.07, 6.45) is 0. The minimum Gasteiger partial charge on any atom is -0.399 e. The first-order valence-electron chi connectivity index (χ1n) is 5.95. The second kappa shape index (κ2) is 5.29. The molecule has 0 saturated heterocycles. The molecular weight excluding hydrogens is 258 g/mol. The number of nitrogens with zero attached hydrogens (tertiary/aromatic N) is 2. The van der Waals surface area contributed by atoms with Crippen LogP contribution in [0.15, 0.2) is 24.3 Å². The third kappa shape index (κ3) is 2.85. The maximum atomic E-state index is 12.2. The predicted octanol–water partition coefficient (Wildman–Crippen LogP) is 2.72. The van der Waals surface area contributed by atoms with Gasteiger partial charge in [0.2, 0.25) is 0 Å². The average Bonchev–Trinajstić information content (AvgIpc) is 2.80. The molecule has 19 heavy (non-hydrogen) atoms. The van der Waals surface area contributed by atoms with E-state index in [1.54, 1.807) is 18.9 Å². The van der Waals surface area contributed by atoms with Crippen LogP contribution in [0.2, 0.25) is 0 Å². The smallest absolute Gasteiger partial charge is 0.263 e. The highest BCUT2D eigenvalue weighted by atomic mass is 32.1. The summed E-state index contributed by atoms with van der Waals surface area (Å²) in [7, 11) is 1.72. The van der Waals surface area contributed by atoms with Crippen LogP contribution in [0.4, 0.5) is 5.69 Å². The molecule has 0 aliphatic rings. The first-order chi connectivity index (χ1) is 9.01. The van der Waals surface area contributed by atoms with Gasteiger partial charge in [-0.3, -0.25) is 4.79 Å². The summed E-state index contributed by atoms with van der Waals surface area (Å²) >= 11 is 1.45. The lowest BCUT2D eigenvalue weighted by molar-refractivity contribution is 0.0790. The number of nitriles is 1. The molecule has 0 bridgehead atoms. The third-order valence-corrected chi connectivity index (χ3v) is 3.97. The Morgan fingerprint density at radius 2 is 2.26 bits per heavy atom. The van der Waals surface area contributed by atoms with Crippen molar-refractivity contribution in [2.75, 3.05) is 19.3 Å². The van der Waals surface area contributed by atoms with E-state index in [2.05, 4.69) is 6.07 Å². The number of amides is 1. The highest BCUT2D eigenvalue weighted by Crippen LogP contribution is 2.28. The number of carbonyl (C=O) groups excluding carboxylic acids is 1. The third-order valence-electron chi connectivity index (χ3n) is 2.87. The number of benzene rings is 1. The van der Waals surface area contributed by atoms with Gasteiger partial charge in [-0.05, 0) is 36.6 Å². The Morgan fingerprint density at radius 1 is 1.53 bits per heavy atom. The van der Waals surface area contributed by atoms with E-state index < -0.39 is 0 Å². The van der Waals surface area contributed by atoms with Gasteiger partial charge in [-0.1, -0.05) is 0 Å². The number of nitrogens with two attached hydrogens (primary N) is 1. The molecule has 1 aromatic heterocycles. The Balaban J connectivity index is 2.24. The van der Waals surface area contributed by atoms with E-state index in [-0.39, 0.29) is 11.8 Å². The minimum atomic E-state index is -0.168. The van der Waals surface area contributed by atoms with E-state index in [4.69, 9.17) is 11.0 Å². The van der Waals surface area contributed by atoms with Crippen LogP contribution in [0, 0.1) is 17.2 Å². The fourth-order valence-electron chi connectivity index (χ4n) is 1.89. The van der Waals surface area contributed by atoms with Gasteiger partial charge in [0, 0.05) is 24.0 Å². The van der Waals surface area contributed by atoms with E-state index >= 15 is 0 Å². The largest absolute Gasteiger partial charge is 0.399 e. The van der Waals surface area contributed by atoms with Crippen molar-refractivity contribution < 1.29 is 4.79 Å². The van der Waals surface area contributed by atoms with Gasteiger partial charge in [-0.25, -0.2) is 0 Å². The SMILES string of the molecule is CC(C#N)CN(C)C(=O)c1cc2cc(N)ccc2s1. The van der Waals surface area contributed by atoms with Crippen molar-refractivity contribution in [3.63, 3.8) is 0 Å². The van der Waals surface area contributed by atoms with E-state index in [0.29, 0.717) is 17.1 Å². The number of rotatable bonds is 3. The molecular formula is C14H15N3OS. The molecule has 98 valence electrons. The van der Waals surface area contributed by atoms with Gasteiger partial charge in [0.1, 0.15) is 0 Å². The Labute approximate surface area is 116 Å². The van der Waals surface area contributed by atoms with E-state index in [1.807, 2.05) is 24.3 Å². The number of hydrogen-bond donors (Lipinski definition) is 1. The first kappa shape index (κ1) is 13.4.